The predicted octanol–water partition coefficient (Wildman–Crippen LogP) is 5.11. The number of rotatable bonds is 5. The molecule has 0 N–H and O–H groups in total. The molecule has 1 aliphatic carbocycles. The van der Waals surface area contributed by atoms with Gasteiger partial charge in [0.25, 0.3) is 5.91 Å². The minimum atomic E-state index is -0.359. The van der Waals surface area contributed by atoms with Crippen molar-refractivity contribution in [3.05, 3.63) is 89.9 Å². The highest BCUT2D eigenvalue weighted by atomic mass is 19.1. The van der Waals surface area contributed by atoms with Crippen LogP contribution in [-0.2, 0) is 6.54 Å². The second kappa shape index (κ2) is 8.79. The maximum absolute atomic E-state index is 13.6. The van der Waals surface area contributed by atoms with E-state index in [0.717, 1.165) is 36.1 Å². The van der Waals surface area contributed by atoms with Crippen LogP contribution in [0.3, 0.4) is 0 Å². The first kappa shape index (κ1) is 22.7. The largest absolute Gasteiger partial charge is 0.438 e. The second-order valence-corrected chi connectivity index (χ2v) is 9.86. The van der Waals surface area contributed by atoms with E-state index in [2.05, 4.69) is 9.88 Å². The summed E-state index contributed by atoms with van der Waals surface area (Å²) in [6, 6.07) is 20.0. The van der Waals surface area contributed by atoms with Gasteiger partial charge in [-0.2, -0.15) is 5.10 Å². The molecular weight excluding hydrogens is 483 g/mol. The topological polar surface area (TPSA) is 75.8 Å². The van der Waals surface area contributed by atoms with Crippen molar-refractivity contribution in [2.75, 3.05) is 11.9 Å². The minimum absolute atomic E-state index is 0.164. The Hall–Kier alpha value is -4.53. The lowest BCUT2D eigenvalue weighted by Gasteiger charge is -2.33. The lowest BCUT2D eigenvalue weighted by atomic mass is 10.1. The summed E-state index contributed by atoms with van der Waals surface area (Å²) in [5, 5.41) is 4.93. The Morgan fingerprint density at radius 3 is 2.61 bits per heavy atom. The van der Waals surface area contributed by atoms with Crippen molar-refractivity contribution >= 4 is 17.7 Å². The number of nitrogens with zero attached hydrogens (tertiary/aromatic N) is 6. The van der Waals surface area contributed by atoms with E-state index < -0.39 is 0 Å². The highest BCUT2D eigenvalue weighted by Gasteiger charge is 2.49. The molecule has 7 rings (SSSR count). The van der Waals surface area contributed by atoms with E-state index in [1.807, 2.05) is 42.5 Å². The lowest BCUT2D eigenvalue weighted by molar-refractivity contribution is 0.0862. The number of hydrogen-bond acceptors (Lipinski definition) is 6. The first-order valence-corrected chi connectivity index (χ1v) is 12.8. The third-order valence-corrected chi connectivity index (χ3v) is 7.48. The van der Waals surface area contributed by atoms with Gasteiger partial charge < -0.3 is 4.74 Å². The van der Waals surface area contributed by atoms with Gasteiger partial charge in [0.15, 0.2) is 5.82 Å². The Balaban J connectivity index is 1.30. The number of carbonyl (C=O) groups is 1. The van der Waals surface area contributed by atoms with Gasteiger partial charge in [-0.3, -0.25) is 19.6 Å². The Kier molecular flexibility index (Phi) is 5.24. The van der Waals surface area contributed by atoms with Crippen LogP contribution in [0.1, 0.15) is 35.2 Å². The van der Waals surface area contributed by atoms with Crippen molar-refractivity contribution in [1.29, 1.82) is 0 Å². The predicted molar refractivity (Wildman–Crippen MR) is 141 cm³/mol. The number of hydrogen-bond donors (Lipinski definition) is 0. The number of anilines is 1. The zero-order valence-electron chi connectivity index (χ0n) is 20.8. The summed E-state index contributed by atoms with van der Waals surface area (Å²) in [6.07, 6.45) is 4.87. The molecule has 9 heteroatoms. The van der Waals surface area contributed by atoms with Crippen LogP contribution < -0.4 is 9.64 Å². The fourth-order valence-electron chi connectivity index (χ4n) is 5.59. The fourth-order valence-corrected chi connectivity index (χ4v) is 5.59. The molecule has 0 radical (unpaired) electrons. The monoisotopic (exact) mass is 508 g/mol. The maximum atomic E-state index is 13.6. The molecule has 0 saturated heterocycles. The number of guanidine groups is 1. The molecule has 2 atom stereocenters. The SMILES string of the molecule is CN1C(=O)c2c(nn(Cc3ccc(-c4ccccn4)cc3)c2Oc2ccc(F)cc2)N2C1=N[C@@H]1CCC[C@@H]12. The van der Waals surface area contributed by atoms with E-state index in [1.165, 1.54) is 12.1 Å². The number of carbonyl (C=O) groups excluding carboxylic acids is 1. The van der Waals surface area contributed by atoms with Crippen molar-refractivity contribution < 1.29 is 13.9 Å². The summed E-state index contributed by atoms with van der Waals surface area (Å²) < 4.78 is 21.6. The van der Waals surface area contributed by atoms with Crippen LogP contribution in [0.4, 0.5) is 10.2 Å². The Labute approximate surface area is 219 Å². The van der Waals surface area contributed by atoms with Gasteiger partial charge >= 0.3 is 0 Å². The number of fused-ring (bicyclic) bond motifs is 5. The van der Waals surface area contributed by atoms with Gasteiger partial charge in [0.1, 0.15) is 17.1 Å². The zero-order valence-corrected chi connectivity index (χ0v) is 20.8. The standard InChI is InChI=1S/C29H25FN6O2/c1-34-27(37)25-26(36-24-7-4-6-23(24)32-29(34)36)33-35(28(25)38-21-14-12-20(30)13-15-21)17-18-8-10-19(11-9-18)22-5-2-3-16-31-22/h2-3,5,8-16,23-24H,4,6-7,17H2,1H3/t23-,24+/m1/s1. The van der Waals surface area contributed by atoms with E-state index in [0.29, 0.717) is 35.5 Å². The molecule has 4 heterocycles. The summed E-state index contributed by atoms with van der Waals surface area (Å²) in [5.74, 6) is 1.40. The van der Waals surface area contributed by atoms with E-state index in [1.54, 1.807) is 35.0 Å². The highest BCUT2D eigenvalue weighted by Crippen LogP contribution is 2.44. The van der Waals surface area contributed by atoms with Crippen molar-refractivity contribution in [1.82, 2.24) is 19.7 Å². The van der Waals surface area contributed by atoms with Gasteiger partial charge in [-0.05, 0) is 61.2 Å². The third-order valence-electron chi connectivity index (χ3n) is 7.48. The van der Waals surface area contributed by atoms with Gasteiger partial charge in [0.05, 0.1) is 24.3 Å². The first-order valence-electron chi connectivity index (χ1n) is 12.8. The molecule has 1 amide bonds. The minimum Gasteiger partial charge on any atom is -0.438 e. The van der Waals surface area contributed by atoms with Gasteiger partial charge in [0, 0.05) is 18.8 Å². The van der Waals surface area contributed by atoms with Gasteiger partial charge in [0.2, 0.25) is 11.8 Å². The van der Waals surface area contributed by atoms with Gasteiger partial charge in [-0.25, -0.2) is 14.1 Å². The number of halogens is 1. The van der Waals surface area contributed by atoms with Crippen molar-refractivity contribution in [3.8, 4) is 22.9 Å². The molecule has 0 spiro atoms. The average molecular weight is 509 g/mol. The molecule has 8 nitrogen and oxygen atoms in total. The van der Waals surface area contributed by atoms with E-state index in [-0.39, 0.29) is 23.8 Å². The molecule has 38 heavy (non-hydrogen) atoms. The second-order valence-electron chi connectivity index (χ2n) is 9.86. The molecule has 1 saturated carbocycles. The quantitative estimate of drug-likeness (QED) is 0.375. The smallest absolute Gasteiger partial charge is 0.269 e. The molecule has 2 aliphatic heterocycles. The van der Waals surface area contributed by atoms with E-state index in [4.69, 9.17) is 14.8 Å². The molecular formula is C29H25FN6O2. The van der Waals surface area contributed by atoms with E-state index in [9.17, 15) is 9.18 Å². The summed E-state index contributed by atoms with van der Waals surface area (Å²) in [6.45, 7) is 0.386. The third kappa shape index (κ3) is 3.65. The van der Waals surface area contributed by atoms with Crippen molar-refractivity contribution in [3.63, 3.8) is 0 Å². The van der Waals surface area contributed by atoms with Crippen LogP contribution >= 0.6 is 0 Å². The average Bonchev–Trinajstić information content (AvgIpc) is 3.63. The fraction of sp³-hybridized carbons (Fsp3) is 0.241. The molecule has 0 bridgehead atoms. The maximum Gasteiger partial charge on any atom is 0.269 e. The Morgan fingerprint density at radius 2 is 1.84 bits per heavy atom. The summed E-state index contributed by atoms with van der Waals surface area (Å²) >= 11 is 0. The lowest BCUT2D eigenvalue weighted by Crippen LogP contribution is -2.51. The molecule has 0 unspecified atom stereocenters. The number of benzene rings is 2. The summed E-state index contributed by atoms with van der Waals surface area (Å²) in [7, 11) is 1.74. The van der Waals surface area contributed by atoms with Crippen LogP contribution in [0.2, 0.25) is 0 Å². The van der Waals surface area contributed by atoms with E-state index >= 15 is 0 Å². The highest BCUT2D eigenvalue weighted by molar-refractivity contribution is 6.20. The first-order chi connectivity index (χ1) is 18.6. The van der Waals surface area contributed by atoms with Crippen LogP contribution in [-0.4, -0.2) is 50.7 Å². The number of aromatic nitrogens is 3. The Bertz CT molecular complexity index is 1550. The molecule has 1 fully saturated rings. The zero-order chi connectivity index (χ0) is 25.8. The Morgan fingerprint density at radius 1 is 1.03 bits per heavy atom. The molecule has 3 aliphatic rings. The summed E-state index contributed by atoms with van der Waals surface area (Å²) in [5.41, 5.74) is 3.30. The van der Waals surface area contributed by atoms with Crippen LogP contribution in [0, 0.1) is 5.82 Å². The number of aliphatic imine (C=N–C) groups is 1. The molecule has 4 aromatic rings. The normalized spacial score (nSPS) is 19.7. The van der Waals surface area contributed by atoms with Gasteiger partial charge in [-0.1, -0.05) is 30.3 Å². The van der Waals surface area contributed by atoms with Gasteiger partial charge in [-0.15, -0.1) is 0 Å². The van der Waals surface area contributed by atoms with Crippen molar-refractivity contribution in [2.24, 2.45) is 4.99 Å². The van der Waals surface area contributed by atoms with Crippen LogP contribution in [0.5, 0.6) is 11.6 Å². The summed E-state index contributed by atoms with van der Waals surface area (Å²) in [4.78, 5) is 26.6. The number of amides is 1. The van der Waals surface area contributed by atoms with Crippen LogP contribution in [0.15, 0.2) is 77.9 Å². The number of ether oxygens (including phenoxy) is 1. The molecule has 2 aromatic carbocycles. The molecule has 190 valence electrons. The molecule has 2 aromatic heterocycles. The van der Waals surface area contributed by atoms with Crippen LogP contribution in [0.25, 0.3) is 11.3 Å². The van der Waals surface area contributed by atoms with Crippen molar-refractivity contribution in [2.45, 2.75) is 37.9 Å². The number of pyridine rings is 1.